The normalized spacial score (nSPS) is 12.2. The van der Waals surface area contributed by atoms with Gasteiger partial charge in [0.05, 0.1) is 19.0 Å². The fourth-order valence-electron chi connectivity index (χ4n) is 3.19. The molecular formula is C22H24N5O3+. The number of nitrogens with zero attached hydrogens (tertiary/aromatic N) is 2. The topological polar surface area (TPSA) is 103 Å². The molecule has 0 unspecified atom stereocenters. The minimum atomic E-state index is -0.333. The number of hydrogen-bond acceptors (Lipinski definition) is 5. The van der Waals surface area contributed by atoms with Crippen LogP contribution in [0.25, 0.3) is 16.7 Å². The van der Waals surface area contributed by atoms with Crippen molar-refractivity contribution in [3.8, 4) is 0 Å². The molecule has 0 saturated heterocycles. The largest absolute Gasteiger partial charge is 0.467 e. The number of aromatic amines is 1. The zero-order valence-corrected chi connectivity index (χ0v) is 17.2. The number of anilines is 1. The Balaban J connectivity index is 1.83. The van der Waals surface area contributed by atoms with E-state index in [0.29, 0.717) is 33.8 Å². The van der Waals surface area contributed by atoms with Gasteiger partial charge in [0, 0.05) is 12.1 Å². The summed E-state index contributed by atoms with van der Waals surface area (Å²) in [4.78, 5) is 33.8. The highest BCUT2D eigenvalue weighted by atomic mass is 16.3. The van der Waals surface area contributed by atoms with Crippen LogP contribution < -0.4 is 21.2 Å². The van der Waals surface area contributed by atoms with Crippen LogP contribution in [-0.4, -0.2) is 21.3 Å². The predicted octanol–water partition coefficient (Wildman–Crippen LogP) is 2.70. The Hall–Kier alpha value is -3.68. The first kappa shape index (κ1) is 19.6. The summed E-state index contributed by atoms with van der Waals surface area (Å²) in [6.45, 7) is 6.22. The summed E-state index contributed by atoms with van der Waals surface area (Å²) < 4.78 is 6.81. The molecule has 0 aliphatic heterocycles. The number of aryl methyl sites for hydroxylation is 1. The fourth-order valence-corrected chi connectivity index (χ4v) is 3.19. The average Bonchev–Trinajstić information content (AvgIpc) is 3.26. The van der Waals surface area contributed by atoms with Gasteiger partial charge < -0.3 is 15.1 Å². The number of furan rings is 1. The summed E-state index contributed by atoms with van der Waals surface area (Å²) in [6, 6.07) is 9.01. The first-order chi connectivity index (χ1) is 14.5. The number of carbonyl (C=O) groups excluding carboxylic acids is 1. The lowest BCUT2D eigenvalue weighted by molar-refractivity contribution is -0.319. The van der Waals surface area contributed by atoms with Crippen LogP contribution in [0.4, 0.5) is 5.82 Å². The van der Waals surface area contributed by atoms with Crippen molar-refractivity contribution in [3.05, 3.63) is 70.0 Å². The maximum Gasteiger partial charge on any atom is 0.325 e. The molecule has 0 aliphatic rings. The van der Waals surface area contributed by atoms with Crippen molar-refractivity contribution >= 4 is 28.4 Å². The van der Waals surface area contributed by atoms with Gasteiger partial charge in [-0.05, 0) is 50.1 Å². The second-order valence-electron chi connectivity index (χ2n) is 7.39. The number of rotatable bonds is 6. The van der Waals surface area contributed by atoms with Gasteiger partial charge in [-0.2, -0.15) is 4.40 Å². The molecule has 1 atom stereocenters. The van der Waals surface area contributed by atoms with Crippen molar-refractivity contribution in [2.75, 3.05) is 5.32 Å². The Labute approximate surface area is 173 Å². The van der Waals surface area contributed by atoms with E-state index in [-0.39, 0.29) is 24.1 Å². The van der Waals surface area contributed by atoms with E-state index in [0.717, 1.165) is 12.0 Å². The number of fused-ring (bicyclic) bond motifs is 2. The maximum absolute atomic E-state index is 13.1. The molecule has 0 bridgehead atoms. The van der Waals surface area contributed by atoms with Crippen LogP contribution in [0.2, 0.25) is 0 Å². The van der Waals surface area contributed by atoms with E-state index >= 15 is 0 Å². The molecule has 0 spiro atoms. The lowest BCUT2D eigenvalue weighted by Gasteiger charge is -2.13. The molecule has 0 aromatic carbocycles. The number of nitrogens with one attached hydrogen (secondary N) is 3. The van der Waals surface area contributed by atoms with Crippen LogP contribution in [0.3, 0.4) is 0 Å². The third-order valence-corrected chi connectivity index (χ3v) is 5.06. The van der Waals surface area contributed by atoms with Gasteiger partial charge in [-0.1, -0.05) is 11.9 Å². The van der Waals surface area contributed by atoms with E-state index in [4.69, 9.17) is 4.42 Å². The second kappa shape index (κ2) is 7.98. The molecule has 4 heterocycles. The number of aromatic nitrogens is 3. The molecule has 0 aliphatic carbocycles. The number of hydrogen-bond donors (Lipinski definition) is 2. The van der Waals surface area contributed by atoms with Gasteiger partial charge in [0.15, 0.2) is 0 Å². The van der Waals surface area contributed by atoms with E-state index in [1.165, 1.54) is 4.40 Å². The second-order valence-corrected chi connectivity index (χ2v) is 7.39. The quantitative estimate of drug-likeness (QED) is 0.479. The fraction of sp³-hybridized carbons (Fsp3) is 0.273. The smallest absolute Gasteiger partial charge is 0.325 e. The molecule has 30 heavy (non-hydrogen) atoms. The summed E-state index contributed by atoms with van der Waals surface area (Å²) in [5, 5.41) is 6.45. The van der Waals surface area contributed by atoms with Crippen molar-refractivity contribution in [2.45, 2.75) is 39.8 Å². The monoisotopic (exact) mass is 406 g/mol. The van der Waals surface area contributed by atoms with Gasteiger partial charge in [-0.3, -0.25) is 4.79 Å². The van der Waals surface area contributed by atoms with E-state index in [9.17, 15) is 9.59 Å². The maximum atomic E-state index is 13.1. The molecule has 0 saturated carbocycles. The molecule has 0 radical (unpaired) electrons. The summed E-state index contributed by atoms with van der Waals surface area (Å²) >= 11 is 0. The van der Waals surface area contributed by atoms with Gasteiger partial charge in [-0.15, -0.1) is 0 Å². The lowest BCUT2D eigenvalue weighted by Crippen LogP contribution is -2.29. The van der Waals surface area contributed by atoms with Crippen LogP contribution in [0.1, 0.15) is 41.9 Å². The van der Waals surface area contributed by atoms with Gasteiger partial charge in [0.25, 0.3) is 11.6 Å². The van der Waals surface area contributed by atoms with Crippen molar-refractivity contribution in [1.82, 2.24) is 14.7 Å². The summed E-state index contributed by atoms with van der Waals surface area (Å²) in [5.41, 5.74) is 2.10. The first-order valence-corrected chi connectivity index (χ1v) is 9.92. The van der Waals surface area contributed by atoms with Crippen LogP contribution in [0.5, 0.6) is 0 Å². The highest BCUT2D eigenvalue weighted by Crippen LogP contribution is 2.19. The van der Waals surface area contributed by atoms with Gasteiger partial charge in [0.2, 0.25) is 11.5 Å². The lowest BCUT2D eigenvalue weighted by atomic mass is 10.1. The molecule has 1 amide bonds. The number of amides is 1. The first-order valence-electron chi connectivity index (χ1n) is 9.92. The number of pyridine rings is 2. The Morgan fingerprint density at radius 3 is 2.90 bits per heavy atom. The standard InChI is InChI=1S/C22H23N5O3/c1-4-14(3)24-19-16(21(28)23-11-15-6-5-9-30-15)10-17-20(26-19)25-18-8-7-13(2)12-27(18)22(17)29/h5-10,12,14H,4,11H2,1-3H3,(H,23,28)(H,24,26)/p+1/t14-/m0/s1. The number of H-pyrrole nitrogens is 1. The van der Waals surface area contributed by atoms with Crippen LogP contribution in [-0.2, 0) is 6.54 Å². The summed E-state index contributed by atoms with van der Waals surface area (Å²) in [5.74, 6) is 0.740. The van der Waals surface area contributed by atoms with Crippen LogP contribution in [0, 0.1) is 6.92 Å². The number of carbonyl (C=O) groups is 1. The molecular weight excluding hydrogens is 382 g/mol. The highest BCUT2D eigenvalue weighted by molar-refractivity contribution is 6.01. The third kappa shape index (κ3) is 3.76. The minimum absolute atomic E-state index is 0.107. The van der Waals surface area contributed by atoms with Gasteiger partial charge >= 0.3 is 5.56 Å². The average molecular weight is 406 g/mol. The molecule has 8 heteroatoms. The molecule has 4 aromatic rings. The highest BCUT2D eigenvalue weighted by Gasteiger charge is 2.22. The van der Waals surface area contributed by atoms with Gasteiger partial charge in [-0.25, -0.2) is 9.78 Å². The molecule has 4 rings (SSSR count). The van der Waals surface area contributed by atoms with E-state index in [1.54, 1.807) is 30.7 Å². The predicted molar refractivity (Wildman–Crippen MR) is 114 cm³/mol. The summed E-state index contributed by atoms with van der Waals surface area (Å²) in [6.07, 6.45) is 4.17. The zero-order valence-electron chi connectivity index (χ0n) is 17.2. The van der Waals surface area contributed by atoms with E-state index < -0.39 is 0 Å². The Bertz CT molecular complexity index is 1280. The molecule has 8 nitrogen and oxygen atoms in total. The molecule has 0 fully saturated rings. The SMILES string of the molecule is CC[C@H](C)Nc1nc2[nH+]c3ccc(C)cn3c(=O)c2cc1C(=O)NCc1ccco1. The molecule has 3 N–H and O–H groups in total. The van der Waals surface area contributed by atoms with Gasteiger partial charge in [0.1, 0.15) is 16.7 Å². The van der Waals surface area contributed by atoms with E-state index in [1.807, 2.05) is 32.9 Å². The van der Waals surface area contributed by atoms with Crippen molar-refractivity contribution < 1.29 is 14.2 Å². The van der Waals surface area contributed by atoms with Crippen molar-refractivity contribution in [2.24, 2.45) is 0 Å². The Morgan fingerprint density at radius 2 is 2.17 bits per heavy atom. The Kier molecular flexibility index (Phi) is 5.22. The van der Waals surface area contributed by atoms with E-state index in [2.05, 4.69) is 20.6 Å². The third-order valence-electron chi connectivity index (χ3n) is 5.06. The minimum Gasteiger partial charge on any atom is -0.467 e. The zero-order chi connectivity index (χ0) is 21.3. The molecule has 154 valence electrons. The molecule has 4 aromatic heterocycles. The van der Waals surface area contributed by atoms with Crippen molar-refractivity contribution in [3.63, 3.8) is 0 Å². The van der Waals surface area contributed by atoms with Crippen molar-refractivity contribution in [1.29, 1.82) is 0 Å². The Morgan fingerprint density at radius 1 is 1.33 bits per heavy atom. The van der Waals surface area contributed by atoms with Crippen LogP contribution in [0.15, 0.2) is 52.0 Å². The van der Waals surface area contributed by atoms with Crippen LogP contribution >= 0.6 is 0 Å². The summed E-state index contributed by atoms with van der Waals surface area (Å²) in [7, 11) is 0.